The summed E-state index contributed by atoms with van der Waals surface area (Å²) >= 11 is 0. The number of hydrogen-bond donors (Lipinski definition) is 2. The van der Waals surface area contributed by atoms with Crippen molar-refractivity contribution in [1.82, 2.24) is 5.32 Å². The maximum atomic E-state index is 12.0. The molecular formula is C13H17F3N2. The molecule has 2 nitrogen and oxygen atoms in total. The summed E-state index contributed by atoms with van der Waals surface area (Å²) in [6, 6.07) is 5.85. The Morgan fingerprint density at radius 2 is 2.11 bits per heavy atom. The Morgan fingerprint density at radius 1 is 1.33 bits per heavy atom. The first-order valence-corrected chi connectivity index (χ1v) is 6.10. The monoisotopic (exact) mass is 258 g/mol. The Bertz CT molecular complexity index is 415. The summed E-state index contributed by atoms with van der Waals surface area (Å²) in [4.78, 5) is 0. The normalized spacial score (nSPS) is 19.7. The largest absolute Gasteiger partial charge is 0.401 e. The number of aryl methyl sites for hydroxylation is 1. The van der Waals surface area contributed by atoms with E-state index < -0.39 is 12.7 Å². The van der Waals surface area contributed by atoms with Crippen molar-refractivity contribution in [2.45, 2.75) is 38.0 Å². The first kappa shape index (κ1) is 13.4. The average molecular weight is 258 g/mol. The van der Waals surface area contributed by atoms with Gasteiger partial charge in [0.05, 0.1) is 6.54 Å². The number of rotatable bonds is 3. The van der Waals surface area contributed by atoms with Gasteiger partial charge < -0.3 is 11.1 Å². The zero-order chi connectivity index (χ0) is 13.2. The van der Waals surface area contributed by atoms with E-state index in [1.807, 2.05) is 18.2 Å². The molecule has 1 aromatic rings. The Hall–Kier alpha value is -1.07. The highest BCUT2D eigenvalue weighted by Gasteiger charge is 2.26. The average Bonchev–Trinajstić information content (AvgIpc) is 2.27. The Morgan fingerprint density at radius 3 is 2.83 bits per heavy atom. The Kier molecular flexibility index (Phi) is 3.92. The van der Waals surface area contributed by atoms with Crippen molar-refractivity contribution in [3.05, 3.63) is 34.9 Å². The molecule has 100 valence electrons. The van der Waals surface area contributed by atoms with Gasteiger partial charge in [-0.05, 0) is 36.0 Å². The molecule has 0 aliphatic heterocycles. The number of nitrogens with two attached hydrogens (primary N) is 1. The molecular weight excluding hydrogens is 241 g/mol. The molecule has 0 radical (unpaired) electrons. The quantitative estimate of drug-likeness (QED) is 0.874. The van der Waals surface area contributed by atoms with Gasteiger partial charge in [0.15, 0.2) is 0 Å². The molecule has 0 bridgehead atoms. The number of alkyl halides is 3. The van der Waals surface area contributed by atoms with Gasteiger partial charge in [0.25, 0.3) is 0 Å². The van der Waals surface area contributed by atoms with Gasteiger partial charge in [-0.25, -0.2) is 0 Å². The van der Waals surface area contributed by atoms with E-state index in [-0.39, 0.29) is 12.6 Å². The molecule has 5 heteroatoms. The van der Waals surface area contributed by atoms with E-state index >= 15 is 0 Å². The molecule has 0 aromatic heterocycles. The van der Waals surface area contributed by atoms with Gasteiger partial charge >= 0.3 is 6.18 Å². The fourth-order valence-corrected chi connectivity index (χ4v) is 2.36. The molecule has 0 spiro atoms. The molecule has 3 N–H and O–H groups in total. The van der Waals surface area contributed by atoms with E-state index in [9.17, 15) is 13.2 Å². The second-order valence-electron chi connectivity index (χ2n) is 4.75. The molecule has 0 heterocycles. The minimum atomic E-state index is -4.16. The number of nitrogens with one attached hydrogen (secondary N) is 1. The van der Waals surface area contributed by atoms with Crippen LogP contribution in [0.5, 0.6) is 0 Å². The van der Waals surface area contributed by atoms with Crippen LogP contribution >= 0.6 is 0 Å². The van der Waals surface area contributed by atoms with Gasteiger partial charge in [-0.15, -0.1) is 0 Å². The van der Waals surface area contributed by atoms with Crippen molar-refractivity contribution in [2.75, 3.05) is 6.54 Å². The molecule has 2 rings (SSSR count). The molecule has 1 aromatic carbocycles. The van der Waals surface area contributed by atoms with Crippen molar-refractivity contribution in [2.24, 2.45) is 5.73 Å². The predicted octanol–water partition coefficient (Wildman–Crippen LogP) is 2.67. The topological polar surface area (TPSA) is 38.0 Å². The summed E-state index contributed by atoms with van der Waals surface area (Å²) in [6.45, 7) is -0.717. The summed E-state index contributed by atoms with van der Waals surface area (Å²) in [5.41, 5.74) is 9.19. The highest BCUT2D eigenvalue weighted by molar-refractivity contribution is 5.35. The van der Waals surface area contributed by atoms with E-state index in [0.29, 0.717) is 0 Å². The van der Waals surface area contributed by atoms with Crippen molar-refractivity contribution in [1.29, 1.82) is 0 Å². The molecule has 0 saturated heterocycles. The van der Waals surface area contributed by atoms with E-state index in [0.717, 1.165) is 30.4 Å². The minimum absolute atomic E-state index is 0.0749. The number of fused-ring (bicyclic) bond motifs is 1. The summed E-state index contributed by atoms with van der Waals surface area (Å²) < 4.78 is 36.0. The molecule has 1 atom stereocenters. The lowest BCUT2D eigenvalue weighted by molar-refractivity contribution is -0.125. The van der Waals surface area contributed by atoms with Crippen LogP contribution in [0.25, 0.3) is 0 Å². The maximum Gasteiger partial charge on any atom is 0.401 e. The van der Waals surface area contributed by atoms with Crippen molar-refractivity contribution in [3.8, 4) is 0 Å². The van der Waals surface area contributed by atoms with E-state index in [1.165, 1.54) is 5.56 Å². The van der Waals surface area contributed by atoms with Crippen LogP contribution in [-0.2, 0) is 13.0 Å². The lowest BCUT2D eigenvalue weighted by Crippen LogP contribution is -2.28. The minimum Gasteiger partial charge on any atom is -0.324 e. The Labute approximate surface area is 104 Å². The van der Waals surface area contributed by atoms with Crippen LogP contribution < -0.4 is 11.1 Å². The van der Waals surface area contributed by atoms with E-state index in [1.54, 1.807) is 0 Å². The fraction of sp³-hybridized carbons (Fsp3) is 0.538. The third-order valence-corrected chi connectivity index (χ3v) is 3.22. The third-order valence-electron chi connectivity index (χ3n) is 3.22. The molecule has 0 saturated carbocycles. The molecule has 1 aliphatic rings. The lowest BCUT2D eigenvalue weighted by atomic mass is 9.87. The zero-order valence-corrected chi connectivity index (χ0v) is 10.1. The van der Waals surface area contributed by atoms with Gasteiger partial charge in [0, 0.05) is 12.6 Å². The molecule has 1 aliphatic carbocycles. The molecule has 0 fully saturated rings. The summed E-state index contributed by atoms with van der Waals surface area (Å²) in [7, 11) is 0. The van der Waals surface area contributed by atoms with Crippen LogP contribution in [0.4, 0.5) is 13.2 Å². The number of halogens is 3. The lowest BCUT2D eigenvalue weighted by Gasteiger charge is -2.22. The first-order chi connectivity index (χ1) is 8.46. The van der Waals surface area contributed by atoms with Crippen LogP contribution in [0.2, 0.25) is 0 Å². The highest BCUT2D eigenvalue weighted by Crippen LogP contribution is 2.28. The number of benzene rings is 1. The van der Waals surface area contributed by atoms with E-state index in [4.69, 9.17) is 5.73 Å². The molecule has 0 unspecified atom stereocenters. The zero-order valence-electron chi connectivity index (χ0n) is 10.1. The Balaban J connectivity index is 1.99. The SMILES string of the molecule is N[C@@H]1CCCc2cc(CNCC(F)(F)F)ccc21. The second kappa shape index (κ2) is 5.28. The van der Waals surface area contributed by atoms with Gasteiger partial charge in [-0.3, -0.25) is 0 Å². The second-order valence-corrected chi connectivity index (χ2v) is 4.75. The summed E-state index contributed by atoms with van der Waals surface area (Å²) in [6.07, 6.45) is -1.15. The third kappa shape index (κ3) is 3.46. The predicted molar refractivity (Wildman–Crippen MR) is 64.1 cm³/mol. The molecule has 0 amide bonds. The van der Waals surface area contributed by atoms with Gasteiger partial charge in [0.1, 0.15) is 0 Å². The number of hydrogen-bond acceptors (Lipinski definition) is 2. The van der Waals surface area contributed by atoms with Crippen molar-refractivity contribution >= 4 is 0 Å². The van der Waals surface area contributed by atoms with Gasteiger partial charge in [-0.1, -0.05) is 18.2 Å². The van der Waals surface area contributed by atoms with Crippen LogP contribution in [0.3, 0.4) is 0 Å². The molecule has 18 heavy (non-hydrogen) atoms. The maximum absolute atomic E-state index is 12.0. The van der Waals surface area contributed by atoms with E-state index in [2.05, 4.69) is 5.32 Å². The first-order valence-electron chi connectivity index (χ1n) is 6.10. The van der Waals surface area contributed by atoms with Crippen molar-refractivity contribution in [3.63, 3.8) is 0 Å². The summed E-state index contributed by atoms with van der Waals surface area (Å²) in [5.74, 6) is 0. The summed E-state index contributed by atoms with van der Waals surface area (Å²) in [5, 5.41) is 2.40. The van der Waals surface area contributed by atoms with Gasteiger partial charge in [0.2, 0.25) is 0 Å². The highest BCUT2D eigenvalue weighted by atomic mass is 19.4. The smallest absolute Gasteiger partial charge is 0.324 e. The fourth-order valence-electron chi connectivity index (χ4n) is 2.36. The standard InChI is InChI=1S/C13H17F3N2/c14-13(15,16)8-18-7-9-4-5-11-10(6-9)2-1-3-12(11)17/h4-6,12,18H,1-3,7-8,17H2/t12-/m1/s1. The van der Waals surface area contributed by atoms with Gasteiger partial charge in [-0.2, -0.15) is 13.2 Å². The van der Waals surface area contributed by atoms with Crippen LogP contribution in [-0.4, -0.2) is 12.7 Å². The van der Waals surface area contributed by atoms with Crippen molar-refractivity contribution < 1.29 is 13.2 Å². The van der Waals surface area contributed by atoms with Crippen LogP contribution in [0.1, 0.15) is 35.6 Å². The van der Waals surface area contributed by atoms with Crippen LogP contribution in [0, 0.1) is 0 Å². The van der Waals surface area contributed by atoms with Crippen LogP contribution in [0.15, 0.2) is 18.2 Å².